The third-order valence-electron chi connectivity index (χ3n) is 5.13. The number of ether oxygens (including phenoxy) is 1. The molecule has 1 aliphatic carbocycles. The van der Waals surface area contributed by atoms with E-state index in [1.807, 2.05) is 0 Å². The maximum Gasteiger partial charge on any atom is 0.261 e. The van der Waals surface area contributed by atoms with E-state index >= 15 is 0 Å². The van der Waals surface area contributed by atoms with Crippen molar-refractivity contribution < 1.29 is 23.9 Å². The van der Waals surface area contributed by atoms with E-state index in [1.165, 1.54) is 18.1 Å². The van der Waals surface area contributed by atoms with Gasteiger partial charge in [-0.1, -0.05) is 19.3 Å². The molecule has 3 rings (SSSR count). The smallest absolute Gasteiger partial charge is 0.261 e. The van der Waals surface area contributed by atoms with Crippen molar-refractivity contribution in [2.75, 3.05) is 26.8 Å². The molecule has 0 saturated heterocycles. The molecular weight excluding hydrogens is 362 g/mol. The molecule has 1 aliphatic heterocycles. The molecule has 0 radical (unpaired) electrons. The average Bonchev–Trinajstić information content (AvgIpc) is 2.96. The highest BCUT2D eigenvalue weighted by Crippen LogP contribution is 2.31. The molecule has 4 amide bonds. The van der Waals surface area contributed by atoms with Crippen molar-refractivity contribution in [3.63, 3.8) is 0 Å². The second-order valence-electron chi connectivity index (χ2n) is 7.07. The molecule has 8 nitrogen and oxygen atoms in total. The van der Waals surface area contributed by atoms with Crippen LogP contribution in [0.3, 0.4) is 0 Å². The molecule has 0 unspecified atom stereocenters. The lowest BCUT2D eigenvalue weighted by atomic mass is 9.94. The number of nitrogens with one attached hydrogen (secondary N) is 2. The molecule has 150 valence electrons. The zero-order valence-electron chi connectivity index (χ0n) is 16.0. The number of fused-ring (bicyclic) bond motifs is 1. The summed E-state index contributed by atoms with van der Waals surface area (Å²) in [5, 5.41) is 5.29. The number of amides is 4. The van der Waals surface area contributed by atoms with Crippen molar-refractivity contribution in [1.29, 1.82) is 0 Å². The summed E-state index contributed by atoms with van der Waals surface area (Å²) >= 11 is 0. The summed E-state index contributed by atoms with van der Waals surface area (Å²) in [4.78, 5) is 50.5. The number of hydrogen-bond acceptors (Lipinski definition) is 5. The molecule has 1 saturated carbocycles. The minimum absolute atomic E-state index is 0.0353. The van der Waals surface area contributed by atoms with Gasteiger partial charge in [-0.3, -0.25) is 24.1 Å². The first kappa shape index (κ1) is 20.0. The summed E-state index contributed by atoms with van der Waals surface area (Å²) in [5.41, 5.74) is 0.962. The summed E-state index contributed by atoms with van der Waals surface area (Å²) in [7, 11) is 1.43. The Bertz CT molecular complexity index is 786. The molecule has 1 aromatic carbocycles. The minimum Gasteiger partial charge on any atom is -0.375 e. The normalized spacial score (nSPS) is 16.8. The Labute approximate surface area is 163 Å². The SMILES string of the molecule is COCC(=O)NCCNC(=O)c1ccc2c(c1)C(=O)N(C1CCCCC1)C2=O. The molecule has 1 aromatic rings. The van der Waals surface area contributed by atoms with E-state index < -0.39 is 0 Å². The van der Waals surface area contributed by atoms with E-state index in [0.717, 1.165) is 32.1 Å². The largest absolute Gasteiger partial charge is 0.375 e. The van der Waals surface area contributed by atoms with Crippen molar-refractivity contribution >= 4 is 23.6 Å². The molecule has 1 heterocycles. The van der Waals surface area contributed by atoms with E-state index in [0.29, 0.717) is 11.1 Å². The maximum atomic E-state index is 12.8. The average molecular weight is 387 g/mol. The Hall–Kier alpha value is -2.74. The minimum atomic E-state index is -0.361. The number of methoxy groups -OCH3 is 1. The first-order valence-corrected chi connectivity index (χ1v) is 9.58. The number of carbonyl (C=O) groups excluding carboxylic acids is 4. The highest BCUT2D eigenvalue weighted by molar-refractivity contribution is 6.22. The van der Waals surface area contributed by atoms with Gasteiger partial charge in [0.1, 0.15) is 6.61 Å². The lowest BCUT2D eigenvalue weighted by molar-refractivity contribution is -0.124. The molecule has 0 aromatic heterocycles. The van der Waals surface area contributed by atoms with Crippen molar-refractivity contribution in [3.8, 4) is 0 Å². The van der Waals surface area contributed by atoms with E-state index in [-0.39, 0.29) is 54.9 Å². The molecule has 0 atom stereocenters. The van der Waals surface area contributed by atoms with Crippen LogP contribution in [0.25, 0.3) is 0 Å². The van der Waals surface area contributed by atoms with E-state index in [2.05, 4.69) is 10.6 Å². The van der Waals surface area contributed by atoms with Gasteiger partial charge in [0.2, 0.25) is 5.91 Å². The van der Waals surface area contributed by atoms with Gasteiger partial charge >= 0.3 is 0 Å². The third kappa shape index (κ3) is 4.22. The predicted octanol–water partition coefficient (Wildman–Crippen LogP) is 1.11. The van der Waals surface area contributed by atoms with Crippen LogP contribution in [0.4, 0.5) is 0 Å². The first-order valence-electron chi connectivity index (χ1n) is 9.58. The van der Waals surface area contributed by atoms with Crippen LogP contribution in [0.5, 0.6) is 0 Å². The van der Waals surface area contributed by atoms with Gasteiger partial charge in [-0.15, -0.1) is 0 Å². The summed E-state index contributed by atoms with van der Waals surface area (Å²) in [6.07, 6.45) is 4.86. The summed E-state index contributed by atoms with van der Waals surface area (Å²) < 4.78 is 4.70. The fraction of sp³-hybridized carbons (Fsp3) is 0.500. The Balaban J connectivity index is 1.62. The lowest BCUT2D eigenvalue weighted by Crippen LogP contribution is -2.40. The highest BCUT2D eigenvalue weighted by atomic mass is 16.5. The second kappa shape index (κ2) is 8.97. The summed E-state index contributed by atoms with van der Waals surface area (Å²) in [6.45, 7) is 0.477. The van der Waals surface area contributed by atoms with Gasteiger partial charge in [-0.25, -0.2) is 0 Å². The Morgan fingerprint density at radius 2 is 1.71 bits per heavy atom. The van der Waals surface area contributed by atoms with Gasteiger partial charge in [-0.2, -0.15) is 0 Å². The fourth-order valence-corrected chi connectivity index (χ4v) is 3.73. The van der Waals surface area contributed by atoms with Crippen molar-refractivity contribution in [2.24, 2.45) is 0 Å². The molecule has 2 N–H and O–H groups in total. The molecule has 28 heavy (non-hydrogen) atoms. The Morgan fingerprint density at radius 1 is 1.04 bits per heavy atom. The fourth-order valence-electron chi connectivity index (χ4n) is 3.73. The third-order valence-corrected chi connectivity index (χ3v) is 5.13. The summed E-state index contributed by atoms with van der Waals surface area (Å²) in [6, 6.07) is 4.53. The van der Waals surface area contributed by atoms with Crippen LogP contribution in [-0.4, -0.2) is 61.4 Å². The van der Waals surface area contributed by atoms with Gasteiger partial charge in [0.15, 0.2) is 0 Å². The Kier molecular flexibility index (Phi) is 6.41. The van der Waals surface area contributed by atoms with Crippen LogP contribution in [0.15, 0.2) is 18.2 Å². The van der Waals surface area contributed by atoms with Gasteiger partial charge in [-0.05, 0) is 31.0 Å². The number of hydrogen-bond donors (Lipinski definition) is 2. The standard InChI is InChI=1S/C20H25N3O5/c1-28-12-17(24)21-9-10-22-18(25)13-7-8-15-16(11-13)20(27)23(19(15)26)14-5-3-2-4-6-14/h7-8,11,14H,2-6,9-10,12H2,1H3,(H,21,24)(H,22,25). The van der Waals surface area contributed by atoms with Gasteiger partial charge in [0.05, 0.1) is 11.1 Å². The topological polar surface area (TPSA) is 105 Å². The van der Waals surface area contributed by atoms with E-state index in [9.17, 15) is 19.2 Å². The molecule has 0 spiro atoms. The quantitative estimate of drug-likeness (QED) is 0.539. The number of benzene rings is 1. The zero-order valence-corrected chi connectivity index (χ0v) is 16.0. The zero-order chi connectivity index (χ0) is 20.1. The first-order chi connectivity index (χ1) is 13.5. The monoisotopic (exact) mass is 387 g/mol. The second-order valence-corrected chi connectivity index (χ2v) is 7.07. The molecule has 0 bridgehead atoms. The molecular formula is C20H25N3O5. The van der Waals surface area contributed by atoms with Crippen LogP contribution >= 0.6 is 0 Å². The Morgan fingerprint density at radius 3 is 2.43 bits per heavy atom. The molecule has 1 fully saturated rings. The maximum absolute atomic E-state index is 12.8. The van der Waals surface area contributed by atoms with E-state index in [1.54, 1.807) is 12.1 Å². The van der Waals surface area contributed by atoms with Crippen LogP contribution in [0.2, 0.25) is 0 Å². The van der Waals surface area contributed by atoms with Crippen molar-refractivity contribution in [2.45, 2.75) is 38.1 Å². The van der Waals surface area contributed by atoms with Crippen LogP contribution in [-0.2, 0) is 9.53 Å². The molecule has 2 aliphatic rings. The van der Waals surface area contributed by atoms with Crippen LogP contribution in [0.1, 0.15) is 63.2 Å². The predicted molar refractivity (Wildman–Crippen MR) is 101 cm³/mol. The number of nitrogens with zero attached hydrogens (tertiary/aromatic N) is 1. The van der Waals surface area contributed by atoms with Crippen LogP contribution in [0, 0.1) is 0 Å². The van der Waals surface area contributed by atoms with Crippen molar-refractivity contribution in [3.05, 3.63) is 34.9 Å². The van der Waals surface area contributed by atoms with Gasteiger partial charge in [0.25, 0.3) is 17.7 Å². The van der Waals surface area contributed by atoms with Crippen LogP contribution < -0.4 is 10.6 Å². The number of carbonyl (C=O) groups is 4. The molecule has 8 heteroatoms. The van der Waals surface area contributed by atoms with Gasteiger partial charge in [0, 0.05) is 31.8 Å². The number of imide groups is 1. The van der Waals surface area contributed by atoms with Gasteiger partial charge < -0.3 is 15.4 Å². The highest BCUT2D eigenvalue weighted by Gasteiger charge is 2.40. The summed E-state index contributed by atoms with van der Waals surface area (Å²) in [5.74, 6) is -1.20. The lowest BCUT2D eigenvalue weighted by Gasteiger charge is -2.29. The van der Waals surface area contributed by atoms with E-state index in [4.69, 9.17) is 4.74 Å². The van der Waals surface area contributed by atoms with Crippen molar-refractivity contribution in [1.82, 2.24) is 15.5 Å². The number of rotatable bonds is 7.